The highest BCUT2D eigenvalue weighted by Gasteiger charge is 2.35. The molecule has 0 aliphatic carbocycles. The van der Waals surface area contributed by atoms with E-state index in [4.69, 9.17) is 27.9 Å². The van der Waals surface area contributed by atoms with Crippen LogP contribution in [-0.2, 0) is 32.6 Å². The van der Waals surface area contributed by atoms with Gasteiger partial charge in [-0.2, -0.15) is 0 Å². The van der Waals surface area contributed by atoms with Gasteiger partial charge in [-0.3, -0.25) is 13.9 Å². The molecule has 0 aromatic heterocycles. The number of ether oxygens (including phenoxy) is 1. The van der Waals surface area contributed by atoms with Crippen LogP contribution in [0.25, 0.3) is 0 Å². The Morgan fingerprint density at radius 2 is 1.57 bits per heavy atom. The number of methoxy groups -OCH3 is 1. The average Bonchev–Trinajstić information content (AvgIpc) is 3.07. The van der Waals surface area contributed by atoms with Gasteiger partial charge in [-0.25, -0.2) is 8.42 Å². The number of hydrogen-bond donors (Lipinski definition) is 1. The van der Waals surface area contributed by atoms with Crippen LogP contribution in [0.3, 0.4) is 0 Å². The Kier molecular flexibility index (Phi) is 12.3. The summed E-state index contributed by atoms with van der Waals surface area (Å²) < 4.78 is 34.9. The highest BCUT2D eigenvalue weighted by atomic mass is 35.5. The molecule has 248 valence electrons. The van der Waals surface area contributed by atoms with Crippen LogP contribution >= 0.6 is 23.2 Å². The average molecular weight is 697 g/mol. The van der Waals surface area contributed by atoms with Crippen molar-refractivity contribution in [2.24, 2.45) is 0 Å². The number of benzene rings is 4. The van der Waals surface area contributed by atoms with Crippen molar-refractivity contribution in [3.63, 3.8) is 0 Å². The first kappa shape index (κ1) is 35.8. The molecule has 0 saturated heterocycles. The van der Waals surface area contributed by atoms with Crippen LogP contribution in [0.5, 0.6) is 5.75 Å². The van der Waals surface area contributed by atoms with Crippen molar-refractivity contribution in [1.82, 2.24) is 10.2 Å². The number of halogens is 2. The highest BCUT2D eigenvalue weighted by molar-refractivity contribution is 7.92. The fraction of sp³-hybridized carbons (Fsp3) is 0.278. The Balaban J connectivity index is 1.83. The van der Waals surface area contributed by atoms with Crippen molar-refractivity contribution in [1.29, 1.82) is 0 Å². The van der Waals surface area contributed by atoms with E-state index < -0.39 is 28.5 Å². The summed E-state index contributed by atoms with van der Waals surface area (Å²) in [7, 11) is -2.77. The molecular formula is C36H39Cl2N3O5S. The van der Waals surface area contributed by atoms with Crippen molar-refractivity contribution in [3.8, 4) is 5.75 Å². The van der Waals surface area contributed by atoms with Crippen LogP contribution in [0, 0.1) is 6.92 Å². The summed E-state index contributed by atoms with van der Waals surface area (Å²) in [4.78, 5) is 30.0. The summed E-state index contributed by atoms with van der Waals surface area (Å²) in [6.07, 6.45) is 0.878. The molecule has 1 N–H and O–H groups in total. The molecule has 0 aliphatic rings. The number of nitrogens with zero attached hydrogens (tertiary/aromatic N) is 2. The summed E-state index contributed by atoms with van der Waals surface area (Å²) in [6, 6.07) is 26.1. The van der Waals surface area contributed by atoms with Gasteiger partial charge in [0.05, 0.1) is 27.7 Å². The number of rotatable bonds is 14. The van der Waals surface area contributed by atoms with E-state index in [2.05, 4.69) is 5.32 Å². The highest BCUT2D eigenvalue weighted by Crippen LogP contribution is 2.29. The molecule has 0 bridgehead atoms. The molecule has 11 heteroatoms. The van der Waals surface area contributed by atoms with Gasteiger partial charge in [0.15, 0.2) is 0 Å². The minimum Gasteiger partial charge on any atom is -0.497 e. The second kappa shape index (κ2) is 16.2. The van der Waals surface area contributed by atoms with E-state index in [0.717, 1.165) is 15.4 Å². The van der Waals surface area contributed by atoms with Gasteiger partial charge in [-0.05, 0) is 67.8 Å². The van der Waals surface area contributed by atoms with E-state index in [9.17, 15) is 18.0 Å². The van der Waals surface area contributed by atoms with E-state index >= 15 is 0 Å². The fourth-order valence-corrected chi connectivity index (χ4v) is 6.69. The molecule has 4 aromatic carbocycles. The normalized spacial score (nSPS) is 12.6. The van der Waals surface area contributed by atoms with Crippen molar-refractivity contribution >= 4 is 50.7 Å². The number of amides is 2. The second-order valence-corrected chi connectivity index (χ2v) is 14.0. The summed E-state index contributed by atoms with van der Waals surface area (Å²) in [5, 5.41) is 3.66. The van der Waals surface area contributed by atoms with Crippen LogP contribution in [0.4, 0.5) is 5.69 Å². The number of carbonyl (C=O) groups excluding carboxylic acids is 2. The Bertz CT molecular complexity index is 1790. The summed E-state index contributed by atoms with van der Waals surface area (Å²) in [5.74, 6) is -0.526. The van der Waals surface area contributed by atoms with Crippen LogP contribution < -0.4 is 14.4 Å². The number of carbonyl (C=O) groups is 2. The maximum atomic E-state index is 14.6. The number of hydrogen-bond acceptors (Lipinski definition) is 5. The zero-order valence-electron chi connectivity index (χ0n) is 26.8. The lowest BCUT2D eigenvalue weighted by molar-refractivity contribution is -0.140. The third kappa shape index (κ3) is 9.28. The third-order valence-corrected chi connectivity index (χ3v) is 10.4. The molecule has 0 unspecified atom stereocenters. The Morgan fingerprint density at radius 1 is 0.872 bits per heavy atom. The standard InChI is InChI=1S/C36H39Cl2N3O5S/c1-5-26(3)39-36(43)34(21-27-10-7-6-8-11-27)40(23-28-16-19-32(37)33(38)20-28)35(42)24-41(29-12-9-13-30(22-29)46-4)47(44,45)31-17-14-25(2)15-18-31/h6-20,22,26,34H,5,21,23-24H2,1-4H3,(H,39,43)/t26-,34+/m0/s1. The largest absolute Gasteiger partial charge is 0.497 e. The van der Waals surface area contributed by atoms with Gasteiger partial charge >= 0.3 is 0 Å². The number of sulfonamides is 1. The molecule has 0 heterocycles. The lowest BCUT2D eigenvalue weighted by Gasteiger charge is -2.34. The van der Waals surface area contributed by atoms with Gasteiger partial charge in [0.25, 0.3) is 10.0 Å². The molecule has 0 fully saturated rings. The number of nitrogens with one attached hydrogen (secondary N) is 1. The molecule has 0 aliphatic heterocycles. The van der Waals surface area contributed by atoms with Gasteiger partial charge in [0.1, 0.15) is 18.3 Å². The summed E-state index contributed by atoms with van der Waals surface area (Å²) >= 11 is 12.5. The van der Waals surface area contributed by atoms with Crippen LogP contribution in [0.15, 0.2) is 102 Å². The first-order valence-electron chi connectivity index (χ1n) is 15.2. The third-order valence-electron chi connectivity index (χ3n) is 7.84. The smallest absolute Gasteiger partial charge is 0.264 e. The molecule has 2 amide bonds. The summed E-state index contributed by atoms with van der Waals surface area (Å²) in [6.45, 7) is 5.08. The van der Waals surface area contributed by atoms with Gasteiger partial charge < -0.3 is 15.0 Å². The number of aryl methyl sites for hydroxylation is 1. The molecule has 4 aromatic rings. The van der Waals surface area contributed by atoms with Gasteiger partial charge in [0, 0.05) is 25.1 Å². The number of anilines is 1. The molecule has 2 atom stereocenters. The van der Waals surface area contributed by atoms with Gasteiger partial charge in [-0.1, -0.05) is 90.3 Å². The van der Waals surface area contributed by atoms with Crippen molar-refractivity contribution < 1.29 is 22.7 Å². The van der Waals surface area contributed by atoms with Crippen molar-refractivity contribution in [2.75, 3.05) is 18.0 Å². The molecule has 8 nitrogen and oxygen atoms in total. The Labute approximate surface area is 287 Å². The quantitative estimate of drug-likeness (QED) is 0.152. The second-order valence-electron chi connectivity index (χ2n) is 11.3. The minimum atomic E-state index is -4.25. The predicted molar refractivity (Wildman–Crippen MR) is 188 cm³/mol. The molecule has 0 radical (unpaired) electrons. The van der Waals surface area contributed by atoms with E-state index in [1.165, 1.54) is 24.1 Å². The van der Waals surface area contributed by atoms with E-state index in [-0.39, 0.29) is 35.5 Å². The fourth-order valence-electron chi connectivity index (χ4n) is 4.96. The monoisotopic (exact) mass is 695 g/mol. The zero-order chi connectivity index (χ0) is 34.1. The van der Waals surface area contributed by atoms with Crippen molar-refractivity contribution in [3.05, 3.63) is 124 Å². The van der Waals surface area contributed by atoms with Crippen LogP contribution in [-0.4, -0.2) is 50.9 Å². The molecule has 47 heavy (non-hydrogen) atoms. The van der Waals surface area contributed by atoms with E-state index in [1.54, 1.807) is 54.6 Å². The SMILES string of the molecule is CC[C@H](C)NC(=O)[C@@H](Cc1ccccc1)N(Cc1ccc(Cl)c(Cl)c1)C(=O)CN(c1cccc(OC)c1)S(=O)(=O)c1ccc(C)cc1. The van der Waals surface area contributed by atoms with Gasteiger partial charge in [0.2, 0.25) is 11.8 Å². The van der Waals surface area contributed by atoms with Crippen LogP contribution in [0.2, 0.25) is 10.0 Å². The lowest BCUT2D eigenvalue weighted by Crippen LogP contribution is -2.54. The van der Waals surface area contributed by atoms with E-state index in [0.29, 0.717) is 27.8 Å². The zero-order valence-corrected chi connectivity index (χ0v) is 29.1. The topological polar surface area (TPSA) is 96.0 Å². The predicted octanol–water partition coefficient (Wildman–Crippen LogP) is 7.06. The molecular weight excluding hydrogens is 657 g/mol. The minimum absolute atomic E-state index is 0.0186. The lowest BCUT2D eigenvalue weighted by atomic mass is 10.0. The molecule has 0 spiro atoms. The Morgan fingerprint density at radius 3 is 2.21 bits per heavy atom. The Hall–Kier alpha value is -4.05. The van der Waals surface area contributed by atoms with Crippen molar-refractivity contribution in [2.45, 2.75) is 57.1 Å². The first-order chi connectivity index (χ1) is 22.4. The molecule has 0 saturated carbocycles. The van der Waals surface area contributed by atoms with Crippen LogP contribution in [0.1, 0.15) is 37.0 Å². The maximum absolute atomic E-state index is 14.6. The first-order valence-corrected chi connectivity index (χ1v) is 17.4. The van der Waals surface area contributed by atoms with E-state index in [1.807, 2.05) is 51.1 Å². The molecule has 4 rings (SSSR count). The van der Waals surface area contributed by atoms with Gasteiger partial charge in [-0.15, -0.1) is 0 Å². The maximum Gasteiger partial charge on any atom is 0.264 e. The summed E-state index contributed by atoms with van der Waals surface area (Å²) in [5.41, 5.74) is 2.57.